The van der Waals surface area contributed by atoms with Gasteiger partial charge in [-0.2, -0.15) is 0 Å². The summed E-state index contributed by atoms with van der Waals surface area (Å²) in [6.07, 6.45) is 2.93. The molecule has 1 amide bonds. The third kappa shape index (κ3) is 2.96. The molecule has 0 bridgehead atoms. The van der Waals surface area contributed by atoms with E-state index in [0.29, 0.717) is 10.4 Å². The number of anilines is 1. The van der Waals surface area contributed by atoms with Crippen molar-refractivity contribution in [3.05, 3.63) is 17.0 Å². The Morgan fingerprint density at radius 1 is 1.50 bits per heavy atom. The van der Waals surface area contributed by atoms with Gasteiger partial charge < -0.3 is 11.1 Å². The quantitative estimate of drug-likeness (QED) is 0.827. The Morgan fingerprint density at radius 3 is 2.56 bits per heavy atom. The minimum absolute atomic E-state index is 0.134. The van der Waals surface area contributed by atoms with Gasteiger partial charge in [-0.05, 0) is 29.8 Å². The molecule has 3 N–H and O–H groups in total. The van der Waals surface area contributed by atoms with Gasteiger partial charge in [0.1, 0.15) is 4.60 Å². The van der Waals surface area contributed by atoms with Crippen LogP contribution in [-0.2, 0) is 4.79 Å². The van der Waals surface area contributed by atoms with Crippen LogP contribution in [0.15, 0.2) is 17.0 Å². The Labute approximate surface area is 107 Å². The van der Waals surface area contributed by atoms with Crippen LogP contribution in [0.4, 0.5) is 5.82 Å². The molecular formula is C9H11BrN4OS. The number of thiocarbonyl (C=S) groups is 1. The smallest absolute Gasteiger partial charge is 0.238 e. The van der Waals surface area contributed by atoms with Crippen molar-refractivity contribution >= 4 is 44.9 Å². The molecule has 0 aliphatic carbocycles. The number of halogens is 1. The van der Waals surface area contributed by atoms with Gasteiger partial charge in [0, 0.05) is 0 Å². The number of nitrogens with one attached hydrogen (secondary N) is 1. The number of hydrogen-bond acceptors (Lipinski definition) is 4. The van der Waals surface area contributed by atoms with Crippen molar-refractivity contribution in [1.29, 1.82) is 0 Å². The summed E-state index contributed by atoms with van der Waals surface area (Å²) in [5, 5.41) is 2.59. The molecule has 1 aromatic heterocycles. The zero-order valence-electron chi connectivity index (χ0n) is 8.82. The lowest BCUT2D eigenvalue weighted by Gasteiger charge is -2.21. The summed E-state index contributed by atoms with van der Waals surface area (Å²) < 4.78 is 0.596. The first kappa shape index (κ1) is 13.0. The molecule has 86 valence electrons. The molecule has 0 saturated heterocycles. The number of nitrogens with zero attached hydrogens (tertiary/aromatic N) is 2. The predicted molar refractivity (Wildman–Crippen MR) is 68.9 cm³/mol. The van der Waals surface area contributed by atoms with Crippen LogP contribution in [0.3, 0.4) is 0 Å². The van der Waals surface area contributed by atoms with Crippen molar-refractivity contribution in [1.82, 2.24) is 9.97 Å². The van der Waals surface area contributed by atoms with E-state index < -0.39 is 5.41 Å². The molecule has 0 aliphatic heterocycles. The van der Waals surface area contributed by atoms with Gasteiger partial charge in [-0.25, -0.2) is 9.97 Å². The van der Waals surface area contributed by atoms with Crippen LogP contribution in [0.5, 0.6) is 0 Å². The lowest BCUT2D eigenvalue weighted by Crippen LogP contribution is -2.41. The topological polar surface area (TPSA) is 80.9 Å². The maximum Gasteiger partial charge on any atom is 0.238 e. The van der Waals surface area contributed by atoms with Gasteiger partial charge in [0.2, 0.25) is 5.91 Å². The molecule has 0 saturated carbocycles. The molecule has 0 unspecified atom stereocenters. The highest BCUT2D eigenvalue weighted by molar-refractivity contribution is 9.10. The van der Waals surface area contributed by atoms with Crippen molar-refractivity contribution in [3.8, 4) is 0 Å². The van der Waals surface area contributed by atoms with E-state index >= 15 is 0 Å². The maximum absolute atomic E-state index is 11.8. The highest BCUT2D eigenvalue weighted by Gasteiger charge is 2.31. The number of aromatic nitrogens is 2. The molecule has 0 aliphatic rings. The molecule has 5 nitrogen and oxygen atoms in total. The van der Waals surface area contributed by atoms with Crippen LogP contribution in [0.2, 0.25) is 0 Å². The summed E-state index contributed by atoms with van der Waals surface area (Å²) in [4.78, 5) is 19.8. The fourth-order valence-corrected chi connectivity index (χ4v) is 1.06. The van der Waals surface area contributed by atoms with Gasteiger partial charge in [-0.3, -0.25) is 4.79 Å². The van der Waals surface area contributed by atoms with Gasteiger partial charge >= 0.3 is 0 Å². The molecule has 1 heterocycles. The van der Waals surface area contributed by atoms with Crippen LogP contribution >= 0.6 is 28.1 Å². The van der Waals surface area contributed by atoms with Crippen molar-refractivity contribution < 1.29 is 4.79 Å². The number of carbonyl (C=O) groups excluding carboxylic acids is 1. The van der Waals surface area contributed by atoms with Gasteiger partial charge in [0.25, 0.3) is 0 Å². The van der Waals surface area contributed by atoms with E-state index in [-0.39, 0.29) is 10.9 Å². The first-order chi connectivity index (χ1) is 7.34. The average molecular weight is 303 g/mol. The van der Waals surface area contributed by atoms with Crippen molar-refractivity contribution in [2.24, 2.45) is 11.1 Å². The molecule has 1 rings (SSSR count). The number of rotatable bonds is 3. The zero-order valence-corrected chi connectivity index (χ0v) is 11.2. The summed E-state index contributed by atoms with van der Waals surface area (Å²) in [5.74, 6) is 0.0501. The van der Waals surface area contributed by atoms with E-state index in [9.17, 15) is 4.79 Å². The minimum Gasteiger partial charge on any atom is -0.392 e. The number of hydrogen-bond donors (Lipinski definition) is 2. The van der Waals surface area contributed by atoms with Gasteiger partial charge in [0.05, 0.1) is 22.8 Å². The van der Waals surface area contributed by atoms with Crippen LogP contribution < -0.4 is 11.1 Å². The highest BCUT2D eigenvalue weighted by atomic mass is 79.9. The Kier molecular flexibility index (Phi) is 3.93. The van der Waals surface area contributed by atoms with E-state index in [4.69, 9.17) is 18.0 Å². The zero-order chi connectivity index (χ0) is 12.3. The van der Waals surface area contributed by atoms with Crippen LogP contribution in [-0.4, -0.2) is 20.9 Å². The lowest BCUT2D eigenvalue weighted by atomic mass is 9.92. The molecule has 0 fully saturated rings. The first-order valence-electron chi connectivity index (χ1n) is 4.43. The van der Waals surface area contributed by atoms with Gasteiger partial charge in [-0.1, -0.05) is 12.2 Å². The molecular weight excluding hydrogens is 292 g/mol. The number of amides is 1. The second-order valence-corrected chi connectivity index (χ2v) is 4.92. The fraction of sp³-hybridized carbons (Fsp3) is 0.333. The summed E-state index contributed by atoms with van der Waals surface area (Å²) in [6, 6.07) is 0. The maximum atomic E-state index is 11.8. The minimum atomic E-state index is -0.913. The van der Waals surface area contributed by atoms with E-state index in [1.165, 1.54) is 12.4 Å². The number of nitrogens with two attached hydrogens (primary N) is 1. The monoisotopic (exact) mass is 302 g/mol. The second-order valence-electron chi connectivity index (χ2n) is 3.67. The summed E-state index contributed by atoms with van der Waals surface area (Å²) in [6.45, 7) is 3.30. The molecule has 7 heteroatoms. The third-order valence-electron chi connectivity index (χ3n) is 2.05. The number of carbonyl (C=O) groups is 1. The van der Waals surface area contributed by atoms with E-state index in [2.05, 4.69) is 31.2 Å². The van der Waals surface area contributed by atoms with Gasteiger partial charge in [0.15, 0.2) is 5.82 Å². The Bertz CT molecular complexity index is 418. The second kappa shape index (κ2) is 4.84. The Morgan fingerprint density at radius 2 is 2.12 bits per heavy atom. The molecule has 16 heavy (non-hydrogen) atoms. The van der Waals surface area contributed by atoms with Crippen molar-refractivity contribution in [2.45, 2.75) is 13.8 Å². The largest absolute Gasteiger partial charge is 0.392 e. The SMILES string of the molecule is CC(C)(C(=O)Nc1cnc(Br)cn1)C(N)=S. The van der Waals surface area contributed by atoms with E-state index in [1.807, 2.05) is 0 Å². The van der Waals surface area contributed by atoms with Gasteiger partial charge in [-0.15, -0.1) is 0 Å². The first-order valence-corrected chi connectivity index (χ1v) is 5.63. The van der Waals surface area contributed by atoms with Crippen molar-refractivity contribution in [3.63, 3.8) is 0 Å². The van der Waals surface area contributed by atoms with Crippen molar-refractivity contribution in [2.75, 3.05) is 5.32 Å². The lowest BCUT2D eigenvalue weighted by molar-refractivity contribution is -0.121. The summed E-state index contributed by atoms with van der Waals surface area (Å²) in [5.41, 5.74) is 4.56. The summed E-state index contributed by atoms with van der Waals surface area (Å²) >= 11 is 7.97. The molecule has 0 radical (unpaired) electrons. The van der Waals surface area contributed by atoms with Crippen LogP contribution in [0.1, 0.15) is 13.8 Å². The summed E-state index contributed by atoms with van der Waals surface area (Å²) in [7, 11) is 0. The standard InChI is InChI=1S/C9H11BrN4OS/c1-9(2,7(11)16)8(15)14-6-4-12-5(10)3-13-6/h3-4H,1-2H3,(H2,11,16)(H,13,14,15). The van der Waals surface area contributed by atoms with Crippen LogP contribution in [0, 0.1) is 5.41 Å². The molecule has 0 spiro atoms. The molecule has 0 atom stereocenters. The highest BCUT2D eigenvalue weighted by Crippen LogP contribution is 2.18. The third-order valence-corrected chi connectivity index (χ3v) is 2.97. The average Bonchev–Trinajstić information content (AvgIpc) is 2.21. The fourth-order valence-electron chi connectivity index (χ4n) is 0.761. The predicted octanol–water partition coefficient (Wildman–Crippen LogP) is 1.49. The Hall–Kier alpha value is -1.08. The van der Waals surface area contributed by atoms with E-state index in [0.717, 1.165) is 0 Å². The molecule has 0 aromatic carbocycles. The van der Waals surface area contributed by atoms with Crippen LogP contribution in [0.25, 0.3) is 0 Å². The van der Waals surface area contributed by atoms with E-state index in [1.54, 1.807) is 13.8 Å². The molecule has 1 aromatic rings. The normalized spacial score (nSPS) is 10.9. The Balaban J connectivity index is 2.79.